The SMILES string of the molecule is COC(=O)c1sc(-n2cnc3ccc(CSC4CCN(C(=O)OC(C)(C)C)CC4)cc32)cc1O[C@H](C)c1ccccc1Cl. The van der Waals surface area contributed by atoms with Crippen molar-refractivity contribution in [2.45, 2.75) is 63.2 Å². The van der Waals surface area contributed by atoms with Crippen LogP contribution in [0.1, 0.15) is 67.4 Å². The van der Waals surface area contributed by atoms with Crippen LogP contribution in [0.3, 0.4) is 0 Å². The second-order valence-electron chi connectivity index (χ2n) is 11.5. The van der Waals surface area contributed by atoms with Gasteiger partial charge in [0.1, 0.15) is 28.8 Å². The summed E-state index contributed by atoms with van der Waals surface area (Å²) >= 11 is 9.60. The maximum absolute atomic E-state index is 12.7. The molecule has 0 saturated carbocycles. The van der Waals surface area contributed by atoms with Crippen molar-refractivity contribution in [3.63, 3.8) is 0 Å². The van der Waals surface area contributed by atoms with Gasteiger partial charge in [0.05, 0.1) is 18.1 Å². The minimum absolute atomic E-state index is 0.231. The fourth-order valence-corrected chi connectivity index (χ4v) is 7.36. The van der Waals surface area contributed by atoms with E-state index in [0.29, 0.717) is 34.0 Å². The predicted octanol–water partition coefficient (Wildman–Crippen LogP) is 8.30. The quantitative estimate of drug-likeness (QED) is 0.179. The van der Waals surface area contributed by atoms with Crippen molar-refractivity contribution in [1.29, 1.82) is 0 Å². The van der Waals surface area contributed by atoms with E-state index in [0.717, 1.165) is 40.2 Å². The number of fused-ring (bicyclic) bond motifs is 1. The lowest BCUT2D eigenvalue weighted by molar-refractivity contribution is 0.0219. The molecule has 2 aromatic carbocycles. The van der Waals surface area contributed by atoms with E-state index in [1.165, 1.54) is 24.0 Å². The second kappa shape index (κ2) is 13.2. The number of rotatable bonds is 8. The van der Waals surface area contributed by atoms with Gasteiger partial charge in [-0.3, -0.25) is 4.57 Å². The molecule has 1 aliphatic rings. The number of hydrogen-bond acceptors (Lipinski definition) is 8. The Balaban J connectivity index is 1.30. The smallest absolute Gasteiger partial charge is 0.410 e. The summed E-state index contributed by atoms with van der Waals surface area (Å²) in [5.74, 6) is 0.821. The molecule has 8 nitrogen and oxygen atoms in total. The van der Waals surface area contributed by atoms with Gasteiger partial charge in [0.2, 0.25) is 0 Å². The number of carbonyl (C=O) groups is 2. The largest absolute Gasteiger partial charge is 0.484 e. The van der Waals surface area contributed by atoms with E-state index >= 15 is 0 Å². The third kappa shape index (κ3) is 7.48. The highest BCUT2D eigenvalue weighted by Crippen LogP contribution is 2.38. The highest BCUT2D eigenvalue weighted by Gasteiger charge is 2.27. The number of carbonyl (C=O) groups excluding carboxylic acids is 2. The molecule has 43 heavy (non-hydrogen) atoms. The molecule has 1 fully saturated rings. The van der Waals surface area contributed by atoms with Gasteiger partial charge in [-0.2, -0.15) is 11.8 Å². The summed E-state index contributed by atoms with van der Waals surface area (Å²) < 4.78 is 18.8. The summed E-state index contributed by atoms with van der Waals surface area (Å²) in [6, 6.07) is 15.6. The lowest BCUT2D eigenvalue weighted by atomic mass is 10.1. The summed E-state index contributed by atoms with van der Waals surface area (Å²) in [5, 5.41) is 1.87. The van der Waals surface area contributed by atoms with Crippen molar-refractivity contribution in [2.24, 2.45) is 0 Å². The molecule has 4 aromatic rings. The number of likely N-dealkylation sites (tertiary alicyclic amines) is 1. The highest BCUT2D eigenvalue weighted by atomic mass is 35.5. The zero-order chi connectivity index (χ0) is 30.7. The predicted molar refractivity (Wildman–Crippen MR) is 173 cm³/mol. The number of imidazole rings is 1. The minimum atomic E-state index is -0.485. The van der Waals surface area contributed by atoms with Crippen molar-refractivity contribution in [1.82, 2.24) is 14.5 Å². The first kappa shape index (κ1) is 31.2. The average molecular weight is 642 g/mol. The van der Waals surface area contributed by atoms with Crippen molar-refractivity contribution in [3.8, 4) is 10.8 Å². The van der Waals surface area contributed by atoms with Gasteiger partial charge in [0, 0.05) is 40.7 Å². The molecular weight excluding hydrogens is 606 g/mol. The van der Waals surface area contributed by atoms with Crippen LogP contribution in [0.25, 0.3) is 16.0 Å². The summed E-state index contributed by atoms with van der Waals surface area (Å²) in [6.07, 6.45) is 3.03. The monoisotopic (exact) mass is 641 g/mol. The Morgan fingerprint density at radius 2 is 1.88 bits per heavy atom. The third-order valence-electron chi connectivity index (χ3n) is 7.13. The van der Waals surface area contributed by atoms with E-state index in [2.05, 4.69) is 17.1 Å². The maximum Gasteiger partial charge on any atom is 0.410 e. The third-order valence-corrected chi connectivity index (χ3v) is 10.0. The molecule has 3 heterocycles. The highest BCUT2D eigenvalue weighted by molar-refractivity contribution is 7.99. The van der Waals surface area contributed by atoms with Crippen LogP contribution in [0.5, 0.6) is 5.75 Å². The van der Waals surface area contributed by atoms with E-state index in [9.17, 15) is 9.59 Å². The number of amides is 1. The molecule has 0 aliphatic carbocycles. The number of thioether (sulfide) groups is 1. The molecule has 0 bridgehead atoms. The first-order valence-electron chi connectivity index (χ1n) is 14.2. The Morgan fingerprint density at radius 1 is 1.14 bits per heavy atom. The van der Waals surface area contributed by atoms with Crippen molar-refractivity contribution >= 4 is 57.8 Å². The number of halogens is 1. The van der Waals surface area contributed by atoms with Gasteiger partial charge >= 0.3 is 12.1 Å². The summed E-state index contributed by atoms with van der Waals surface area (Å²) in [6.45, 7) is 8.99. The summed E-state index contributed by atoms with van der Waals surface area (Å²) in [5.41, 5.74) is 3.34. The molecule has 11 heteroatoms. The van der Waals surface area contributed by atoms with E-state index < -0.39 is 11.6 Å². The Labute approximate surface area is 265 Å². The lowest BCUT2D eigenvalue weighted by Crippen LogP contribution is -2.42. The molecule has 0 N–H and O–H groups in total. The van der Waals surface area contributed by atoms with E-state index in [4.69, 9.17) is 25.8 Å². The Kier molecular flexibility index (Phi) is 9.58. The van der Waals surface area contributed by atoms with Gasteiger partial charge in [0.25, 0.3) is 0 Å². The zero-order valence-electron chi connectivity index (χ0n) is 25.0. The number of methoxy groups -OCH3 is 1. The van der Waals surface area contributed by atoms with Crippen LogP contribution in [-0.4, -0.2) is 57.6 Å². The van der Waals surface area contributed by atoms with Crippen LogP contribution < -0.4 is 4.74 Å². The van der Waals surface area contributed by atoms with Gasteiger partial charge < -0.3 is 19.1 Å². The van der Waals surface area contributed by atoms with Crippen LogP contribution in [0.4, 0.5) is 4.79 Å². The number of esters is 1. The van der Waals surface area contributed by atoms with Crippen LogP contribution >= 0.6 is 34.7 Å². The normalized spacial score (nSPS) is 15.0. The molecule has 1 atom stereocenters. The molecule has 5 rings (SSSR count). The first-order chi connectivity index (χ1) is 20.5. The van der Waals surface area contributed by atoms with Crippen molar-refractivity contribution in [2.75, 3.05) is 20.2 Å². The first-order valence-corrected chi connectivity index (χ1v) is 16.5. The maximum atomic E-state index is 12.7. The summed E-state index contributed by atoms with van der Waals surface area (Å²) in [7, 11) is 1.36. The Bertz CT molecular complexity index is 1600. The fourth-order valence-electron chi connectivity index (χ4n) is 4.93. The van der Waals surface area contributed by atoms with Gasteiger partial charge in [-0.25, -0.2) is 14.6 Å². The van der Waals surface area contributed by atoms with Crippen molar-refractivity contribution < 1.29 is 23.8 Å². The molecule has 0 radical (unpaired) electrons. The Hall–Kier alpha value is -3.21. The minimum Gasteiger partial charge on any atom is -0.484 e. The van der Waals surface area contributed by atoms with E-state index in [-0.39, 0.29) is 12.2 Å². The Morgan fingerprint density at radius 3 is 2.58 bits per heavy atom. The number of thiophene rings is 1. The van der Waals surface area contributed by atoms with Crippen LogP contribution in [0.15, 0.2) is 54.9 Å². The lowest BCUT2D eigenvalue weighted by Gasteiger charge is -2.33. The molecule has 1 aliphatic heterocycles. The number of ether oxygens (including phenoxy) is 3. The van der Waals surface area contributed by atoms with Gasteiger partial charge in [-0.05, 0) is 64.3 Å². The number of piperidine rings is 1. The molecule has 1 amide bonds. The molecule has 1 saturated heterocycles. The fraction of sp³-hybridized carbons (Fsp3) is 0.406. The number of hydrogen-bond donors (Lipinski definition) is 0. The summed E-state index contributed by atoms with van der Waals surface area (Å²) in [4.78, 5) is 31.9. The van der Waals surface area contributed by atoms with Gasteiger partial charge in [-0.15, -0.1) is 11.3 Å². The zero-order valence-corrected chi connectivity index (χ0v) is 27.4. The standard InChI is InChI=1S/C32H36ClN3O5S2/c1-20(23-8-6-7-9-24(23)33)40-27-17-28(43-29(27)30(37)39-5)36-19-34-25-11-10-21(16-26(25)36)18-42-22-12-14-35(15-13-22)31(38)41-32(2,3)4/h6-11,16-17,19-20,22H,12-15,18H2,1-5H3/t20-/m1/s1. The van der Waals surface area contributed by atoms with Crippen molar-refractivity contribution in [3.05, 3.63) is 75.9 Å². The average Bonchev–Trinajstić information content (AvgIpc) is 3.59. The van der Waals surface area contributed by atoms with Crippen LogP contribution in [0, 0.1) is 0 Å². The number of benzene rings is 2. The van der Waals surface area contributed by atoms with Gasteiger partial charge in [0.15, 0.2) is 4.88 Å². The van der Waals surface area contributed by atoms with E-state index in [1.807, 2.05) is 85.3 Å². The number of nitrogens with zero attached hydrogens (tertiary/aromatic N) is 3. The second-order valence-corrected chi connectivity index (χ2v) is 14.2. The molecule has 2 aromatic heterocycles. The van der Waals surface area contributed by atoms with Crippen LogP contribution in [0.2, 0.25) is 5.02 Å². The molecule has 0 spiro atoms. The molecular formula is C32H36ClN3O5S2. The topological polar surface area (TPSA) is 82.9 Å². The number of aromatic nitrogens is 2. The molecule has 0 unspecified atom stereocenters. The molecule has 228 valence electrons. The van der Waals surface area contributed by atoms with Crippen LogP contribution in [-0.2, 0) is 15.2 Å². The van der Waals surface area contributed by atoms with E-state index in [1.54, 1.807) is 6.33 Å². The van der Waals surface area contributed by atoms with Gasteiger partial charge in [-0.1, -0.05) is 35.9 Å².